The minimum atomic E-state index is -4.02. The standard InChI is InChI=1S/C15H15F2NO2S/c1-10-5-11(2)7-12(6-10)9-18-21(19,20)15-4-3-13(16)8-14(15)17/h3-8,18H,9H2,1-2H3. The van der Waals surface area contributed by atoms with Crippen LogP contribution in [-0.4, -0.2) is 8.42 Å². The Balaban J connectivity index is 2.21. The molecule has 0 spiro atoms. The van der Waals surface area contributed by atoms with Crippen LogP contribution in [0.1, 0.15) is 16.7 Å². The summed E-state index contributed by atoms with van der Waals surface area (Å²) in [6, 6.07) is 8.03. The highest BCUT2D eigenvalue weighted by atomic mass is 32.2. The van der Waals surface area contributed by atoms with Crippen LogP contribution in [0.25, 0.3) is 0 Å². The number of rotatable bonds is 4. The summed E-state index contributed by atoms with van der Waals surface area (Å²) in [6.45, 7) is 3.86. The second-order valence-electron chi connectivity index (χ2n) is 4.90. The van der Waals surface area contributed by atoms with Crippen LogP contribution in [-0.2, 0) is 16.6 Å². The molecule has 0 radical (unpaired) electrons. The lowest BCUT2D eigenvalue weighted by atomic mass is 10.1. The van der Waals surface area contributed by atoms with E-state index in [1.807, 2.05) is 32.0 Å². The van der Waals surface area contributed by atoms with Crippen molar-refractivity contribution in [3.8, 4) is 0 Å². The smallest absolute Gasteiger partial charge is 0.207 e. The molecule has 6 heteroatoms. The van der Waals surface area contributed by atoms with Gasteiger partial charge in [-0.1, -0.05) is 29.3 Å². The summed E-state index contributed by atoms with van der Waals surface area (Å²) in [4.78, 5) is -0.562. The van der Waals surface area contributed by atoms with E-state index in [-0.39, 0.29) is 6.54 Å². The molecule has 0 amide bonds. The Morgan fingerprint density at radius 1 is 1.00 bits per heavy atom. The Morgan fingerprint density at radius 3 is 2.19 bits per heavy atom. The number of hydrogen-bond donors (Lipinski definition) is 1. The number of halogens is 2. The zero-order valence-electron chi connectivity index (χ0n) is 11.7. The first-order valence-electron chi connectivity index (χ1n) is 6.30. The number of benzene rings is 2. The molecule has 0 bridgehead atoms. The summed E-state index contributed by atoms with van der Waals surface area (Å²) in [6.07, 6.45) is 0. The van der Waals surface area contributed by atoms with E-state index >= 15 is 0 Å². The van der Waals surface area contributed by atoms with Gasteiger partial charge < -0.3 is 0 Å². The summed E-state index contributed by atoms with van der Waals surface area (Å²) in [7, 11) is -4.02. The molecule has 112 valence electrons. The van der Waals surface area contributed by atoms with Crippen molar-refractivity contribution in [2.24, 2.45) is 0 Å². The zero-order chi connectivity index (χ0) is 15.6. The van der Waals surface area contributed by atoms with E-state index in [0.717, 1.165) is 28.8 Å². The summed E-state index contributed by atoms with van der Waals surface area (Å²) in [5, 5.41) is 0. The van der Waals surface area contributed by atoms with Gasteiger partial charge in [-0.3, -0.25) is 0 Å². The number of sulfonamides is 1. The predicted molar refractivity (Wildman–Crippen MR) is 76.3 cm³/mol. The van der Waals surface area contributed by atoms with Crippen molar-refractivity contribution in [2.45, 2.75) is 25.3 Å². The van der Waals surface area contributed by atoms with Gasteiger partial charge in [0.2, 0.25) is 10.0 Å². The third kappa shape index (κ3) is 3.86. The molecule has 0 aromatic heterocycles. The Hall–Kier alpha value is -1.79. The number of nitrogens with one attached hydrogen (secondary N) is 1. The maximum Gasteiger partial charge on any atom is 0.243 e. The molecule has 2 rings (SSSR count). The van der Waals surface area contributed by atoms with E-state index in [4.69, 9.17) is 0 Å². The lowest BCUT2D eigenvalue weighted by molar-refractivity contribution is 0.543. The average molecular weight is 311 g/mol. The first-order valence-corrected chi connectivity index (χ1v) is 7.78. The van der Waals surface area contributed by atoms with Gasteiger partial charge in [0.15, 0.2) is 0 Å². The summed E-state index contributed by atoms with van der Waals surface area (Å²) < 4.78 is 52.7. The molecule has 0 aliphatic rings. The van der Waals surface area contributed by atoms with Gasteiger partial charge in [0.1, 0.15) is 16.5 Å². The largest absolute Gasteiger partial charge is 0.243 e. The van der Waals surface area contributed by atoms with Crippen molar-refractivity contribution in [3.63, 3.8) is 0 Å². The van der Waals surface area contributed by atoms with Crippen LogP contribution >= 0.6 is 0 Å². The van der Waals surface area contributed by atoms with E-state index in [2.05, 4.69) is 4.72 Å². The maximum absolute atomic E-state index is 13.5. The van der Waals surface area contributed by atoms with Crippen molar-refractivity contribution in [2.75, 3.05) is 0 Å². The minimum absolute atomic E-state index is 0.0433. The zero-order valence-corrected chi connectivity index (χ0v) is 12.5. The normalized spacial score (nSPS) is 11.6. The molecule has 0 heterocycles. The third-order valence-electron chi connectivity index (χ3n) is 2.93. The van der Waals surface area contributed by atoms with Crippen LogP contribution in [0.3, 0.4) is 0 Å². The fourth-order valence-electron chi connectivity index (χ4n) is 2.12. The Morgan fingerprint density at radius 2 is 1.62 bits per heavy atom. The monoisotopic (exact) mass is 311 g/mol. The number of aryl methyl sites for hydroxylation is 2. The first-order chi connectivity index (χ1) is 9.78. The summed E-state index contributed by atoms with van der Waals surface area (Å²) in [5.41, 5.74) is 2.80. The van der Waals surface area contributed by atoms with E-state index in [9.17, 15) is 17.2 Å². The second kappa shape index (κ2) is 5.91. The molecule has 0 aliphatic heterocycles. The Labute approximate surface area is 122 Å². The molecular formula is C15H15F2NO2S. The minimum Gasteiger partial charge on any atom is -0.207 e. The molecule has 21 heavy (non-hydrogen) atoms. The topological polar surface area (TPSA) is 46.2 Å². The lowest BCUT2D eigenvalue weighted by Gasteiger charge is -2.09. The quantitative estimate of drug-likeness (QED) is 0.943. The Kier molecular flexibility index (Phi) is 4.39. The molecule has 1 N–H and O–H groups in total. The molecule has 0 saturated heterocycles. The van der Waals surface area contributed by atoms with Crippen LogP contribution < -0.4 is 4.72 Å². The van der Waals surface area contributed by atoms with Crippen LogP contribution in [0.5, 0.6) is 0 Å². The van der Waals surface area contributed by atoms with Crippen LogP contribution in [0.2, 0.25) is 0 Å². The molecule has 2 aromatic rings. The van der Waals surface area contributed by atoms with Gasteiger partial charge in [0.05, 0.1) is 0 Å². The molecule has 2 aromatic carbocycles. The lowest BCUT2D eigenvalue weighted by Crippen LogP contribution is -2.24. The van der Waals surface area contributed by atoms with Crippen LogP contribution in [0, 0.1) is 25.5 Å². The molecular weight excluding hydrogens is 296 g/mol. The van der Waals surface area contributed by atoms with E-state index in [1.165, 1.54) is 0 Å². The van der Waals surface area contributed by atoms with Crippen molar-refractivity contribution < 1.29 is 17.2 Å². The van der Waals surface area contributed by atoms with E-state index in [0.29, 0.717) is 6.07 Å². The SMILES string of the molecule is Cc1cc(C)cc(CNS(=O)(=O)c2ccc(F)cc2F)c1. The van der Waals surface area contributed by atoms with Crippen molar-refractivity contribution >= 4 is 10.0 Å². The summed E-state index contributed by atoms with van der Waals surface area (Å²) >= 11 is 0. The third-order valence-corrected chi connectivity index (χ3v) is 4.37. The molecule has 0 unspecified atom stereocenters. The highest BCUT2D eigenvalue weighted by molar-refractivity contribution is 7.89. The van der Waals surface area contributed by atoms with Crippen LogP contribution in [0.15, 0.2) is 41.3 Å². The molecule has 0 atom stereocenters. The van der Waals surface area contributed by atoms with Gasteiger partial charge in [0, 0.05) is 12.6 Å². The fourth-order valence-corrected chi connectivity index (χ4v) is 3.20. The Bertz CT molecular complexity index is 753. The first kappa shape index (κ1) is 15.6. The molecule has 3 nitrogen and oxygen atoms in total. The fraction of sp³-hybridized carbons (Fsp3) is 0.200. The van der Waals surface area contributed by atoms with Crippen molar-refractivity contribution in [1.82, 2.24) is 4.72 Å². The van der Waals surface area contributed by atoms with Crippen molar-refractivity contribution in [3.05, 3.63) is 64.7 Å². The van der Waals surface area contributed by atoms with Gasteiger partial charge >= 0.3 is 0 Å². The number of hydrogen-bond acceptors (Lipinski definition) is 2. The molecule has 0 saturated carbocycles. The van der Waals surface area contributed by atoms with Gasteiger partial charge in [-0.05, 0) is 31.5 Å². The predicted octanol–water partition coefficient (Wildman–Crippen LogP) is 3.06. The van der Waals surface area contributed by atoms with E-state index in [1.54, 1.807) is 0 Å². The average Bonchev–Trinajstić information content (AvgIpc) is 2.35. The maximum atomic E-state index is 13.5. The van der Waals surface area contributed by atoms with Crippen LogP contribution in [0.4, 0.5) is 8.78 Å². The van der Waals surface area contributed by atoms with Gasteiger partial charge in [0.25, 0.3) is 0 Å². The van der Waals surface area contributed by atoms with Gasteiger partial charge in [-0.15, -0.1) is 0 Å². The molecule has 0 fully saturated rings. The van der Waals surface area contributed by atoms with Gasteiger partial charge in [-0.2, -0.15) is 0 Å². The van der Waals surface area contributed by atoms with Crippen molar-refractivity contribution in [1.29, 1.82) is 0 Å². The highest BCUT2D eigenvalue weighted by Gasteiger charge is 2.19. The second-order valence-corrected chi connectivity index (χ2v) is 6.63. The van der Waals surface area contributed by atoms with Gasteiger partial charge in [-0.25, -0.2) is 21.9 Å². The summed E-state index contributed by atoms with van der Waals surface area (Å²) in [5.74, 6) is -1.93. The van der Waals surface area contributed by atoms with E-state index < -0.39 is 26.6 Å². The molecule has 0 aliphatic carbocycles. The highest BCUT2D eigenvalue weighted by Crippen LogP contribution is 2.16.